The summed E-state index contributed by atoms with van der Waals surface area (Å²) < 4.78 is 7.10. The summed E-state index contributed by atoms with van der Waals surface area (Å²) in [6.45, 7) is 9.80. The van der Waals surface area contributed by atoms with Crippen LogP contribution in [0.5, 0.6) is 0 Å². The van der Waals surface area contributed by atoms with Gasteiger partial charge in [0.15, 0.2) is 0 Å². The number of hydrogen-bond acceptors (Lipinski definition) is 4. The maximum atomic E-state index is 12.6. The second-order valence-corrected chi connectivity index (χ2v) is 7.53. The van der Waals surface area contributed by atoms with Crippen molar-refractivity contribution in [3.63, 3.8) is 0 Å². The Morgan fingerprint density at radius 1 is 1.33 bits per heavy atom. The molecule has 24 heavy (non-hydrogen) atoms. The highest BCUT2D eigenvalue weighted by atomic mass is 16.6. The summed E-state index contributed by atoms with van der Waals surface area (Å²) >= 11 is 0. The number of esters is 1. The van der Waals surface area contributed by atoms with Crippen LogP contribution in [0.3, 0.4) is 0 Å². The zero-order chi connectivity index (χ0) is 18.1. The largest absolute Gasteiger partial charge is 0.460 e. The van der Waals surface area contributed by atoms with Gasteiger partial charge in [-0.2, -0.15) is 5.10 Å². The maximum Gasteiger partial charge on any atom is 0.323 e. The molecule has 0 aliphatic carbocycles. The zero-order valence-electron chi connectivity index (χ0n) is 15.4. The van der Waals surface area contributed by atoms with Crippen LogP contribution in [0, 0.1) is 12.8 Å². The average molecular weight is 336 g/mol. The molecule has 0 spiro atoms. The SMILES string of the molecule is Cc1cc(NC(=O)N2C[C@@H](C(=O)OC(C)(C)C)CC[C@H]2C)n(C)n1. The van der Waals surface area contributed by atoms with Crippen molar-refractivity contribution in [1.82, 2.24) is 14.7 Å². The van der Waals surface area contributed by atoms with Gasteiger partial charge in [0, 0.05) is 25.7 Å². The second kappa shape index (κ2) is 6.83. The van der Waals surface area contributed by atoms with E-state index in [2.05, 4.69) is 10.4 Å². The van der Waals surface area contributed by atoms with Gasteiger partial charge in [0.2, 0.25) is 0 Å². The molecule has 0 unspecified atom stereocenters. The predicted molar refractivity (Wildman–Crippen MR) is 91.7 cm³/mol. The number of urea groups is 1. The molecule has 1 aromatic heterocycles. The van der Waals surface area contributed by atoms with Gasteiger partial charge < -0.3 is 9.64 Å². The molecule has 1 fully saturated rings. The molecule has 2 heterocycles. The molecule has 1 aliphatic heterocycles. The van der Waals surface area contributed by atoms with E-state index >= 15 is 0 Å². The van der Waals surface area contributed by atoms with E-state index in [1.807, 2.05) is 40.7 Å². The molecule has 2 amide bonds. The van der Waals surface area contributed by atoms with E-state index in [1.165, 1.54) is 0 Å². The molecule has 2 rings (SSSR count). The van der Waals surface area contributed by atoms with Crippen LogP contribution in [0.25, 0.3) is 0 Å². The van der Waals surface area contributed by atoms with Crippen molar-refractivity contribution < 1.29 is 14.3 Å². The van der Waals surface area contributed by atoms with Crippen molar-refractivity contribution in [3.05, 3.63) is 11.8 Å². The van der Waals surface area contributed by atoms with E-state index in [4.69, 9.17) is 4.74 Å². The van der Waals surface area contributed by atoms with E-state index < -0.39 is 5.60 Å². The average Bonchev–Trinajstić information content (AvgIpc) is 2.75. The van der Waals surface area contributed by atoms with Crippen molar-refractivity contribution in [2.45, 2.75) is 59.1 Å². The minimum Gasteiger partial charge on any atom is -0.460 e. The van der Waals surface area contributed by atoms with E-state index in [1.54, 1.807) is 16.6 Å². The Labute approximate surface area is 143 Å². The van der Waals surface area contributed by atoms with E-state index in [9.17, 15) is 9.59 Å². The van der Waals surface area contributed by atoms with Crippen molar-refractivity contribution in [2.24, 2.45) is 13.0 Å². The molecule has 2 atom stereocenters. The highest BCUT2D eigenvalue weighted by Crippen LogP contribution is 2.25. The maximum absolute atomic E-state index is 12.6. The summed E-state index contributed by atoms with van der Waals surface area (Å²) in [4.78, 5) is 26.6. The van der Waals surface area contributed by atoms with Crippen LogP contribution in [0.1, 0.15) is 46.2 Å². The first-order chi connectivity index (χ1) is 11.1. The van der Waals surface area contributed by atoms with Gasteiger partial charge in [-0.3, -0.25) is 14.8 Å². The molecule has 0 bridgehead atoms. The summed E-state index contributed by atoms with van der Waals surface area (Å²) in [6, 6.07) is 1.69. The molecular weight excluding hydrogens is 308 g/mol. The van der Waals surface area contributed by atoms with Gasteiger partial charge >= 0.3 is 12.0 Å². The number of anilines is 1. The van der Waals surface area contributed by atoms with Crippen molar-refractivity contribution in [3.8, 4) is 0 Å². The van der Waals surface area contributed by atoms with Crippen molar-refractivity contribution in [1.29, 1.82) is 0 Å². The first-order valence-corrected chi connectivity index (χ1v) is 8.38. The third kappa shape index (κ3) is 4.49. The third-order valence-corrected chi connectivity index (χ3v) is 4.12. The number of amides is 2. The lowest BCUT2D eigenvalue weighted by Crippen LogP contribution is -2.50. The number of rotatable bonds is 2. The number of carbonyl (C=O) groups excluding carboxylic acids is 2. The van der Waals surface area contributed by atoms with Gasteiger partial charge in [-0.25, -0.2) is 4.79 Å². The van der Waals surface area contributed by atoms with Crippen LogP contribution < -0.4 is 5.32 Å². The van der Waals surface area contributed by atoms with E-state index in [0.717, 1.165) is 18.5 Å². The number of nitrogens with zero attached hydrogens (tertiary/aromatic N) is 3. The van der Waals surface area contributed by atoms with Gasteiger partial charge in [-0.05, 0) is 47.5 Å². The van der Waals surface area contributed by atoms with Crippen LogP contribution in [-0.4, -0.2) is 44.9 Å². The van der Waals surface area contributed by atoms with Gasteiger partial charge in [-0.1, -0.05) is 0 Å². The number of piperidine rings is 1. The van der Waals surface area contributed by atoms with Crippen LogP contribution in [0.4, 0.5) is 10.6 Å². The number of aromatic nitrogens is 2. The normalized spacial score (nSPS) is 21.5. The minimum absolute atomic E-state index is 0.0815. The zero-order valence-corrected chi connectivity index (χ0v) is 15.4. The number of aryl methyl sites for hydroxylation is 2. The fraction of sp³-hybridized carbons (Fsp3) is 0.706. The summed E-state index contributed by atoms with van der Waals surface area (Å²) in [5, 5.41) is 7.10. The predicted octanol–water partition coefficient (Wildman–Crippen LogP) is 2.70. The summed E-state index contributed by atoms with van der Waals surface area (Å²) in [5.74, 6) is 0.132. The van der Waals surface area contributed by atoms with Crippen molar-refractivity contribution in [2.75, 3.05) is 11.9 Å². The Morgan fingerprint density at radius 2 is 2.00 bits per heavy atom. The lowest BCUT2D eigenvalue weighted by molar-refractivity contribution is -0.161. The number of ether oxygens (including phenoxy) is 1. The molecule has 1 N–H and O–H groups in total. The van der Waals surface area contributed by atoms with E-state index in [0.29, 0.717) is 12.4 Å². The topological polar surface area (TPSA) is 76.5 Å². The third-order valence-electron chi connectivity index (χ3n) is 4.12. The monoisotopic (exact) mass is 336 g/mol. The molecule has 7 nitrogen and oxygen atoms in total. The summed E-state index contributed by atoms with van der Waals surface area (Å²) in [6.07, 6.45) is 1.52. The molecule has 0 aromatic carbocycles. The molecule has 134 valence electrons. The molecular formula is C17H28N4O3. The lowest BCUT2D eigenvalue weighted by atomic mass is 9.93. The highest BCUT2D eigenvalue weighted by molar-refractivity contribution is 5.89. The highest BCUT2D eigenvalue weighted by Gasteiger charge is 2.35. The van der Waals surface area contributed by atoms with Gasteiger partial charge in [0.05, 0.1) is 11.6 Å². The Hall–Kier alpha value is -2.05. The van der Waals surface area contributed by atoms with Crippen LogP contribution in [0.2, 0.25) is 0 Å². The molecule has 1 saturated heterocycles. The molecule has 0 saturated carbocycles. The first kappa shape index (κ1) is 18.3. The second-order valence-electron chi connectivity index (χ2n) is 7.53. The van der Waals surface area contributed by atoms with Gasteiger partial charge in [-0.15, -0.1) is 0 Å². The Bertz CT molecular complexity index is 618. The van der Waals surface area contributed by atoms with Gasteiger partial charge in [0.1, 0.15) is 11.4 Å². The van der Waals surface area contributed by atoms with Crippen LogP contribution in [0.15, 0.2) is 6.07 Å². The summed E-state index contributed by atoms with van der Waals surface area (Å²) in [5.41, 5.74) is 0.325. The number of nitrogens with one attached hydrogen (secondary N) is 1. The van der Waals surface area contributed by atoms with Gasteiger partial charge in [0.25, 0.3) is 0 Å². The van der Waals surface area contributed by atoms with E-state index in [-0.39, 0.29) is 24.0 Å². The fourth-order valence-corrected chi connectivity index (χ4v) is 2.88. The number of hydrogen-bond donors (Lipinski definition) is 1. The fourth-order valence-electron chi connectivity index (χ4n) is 2.88. The quantitative estimate of drug-likeness (QED) is 0.843. The number of carbonyl (C=O) groups is 2. The smallest absolute Gasteiger partial charge is 0.323 e. The number of likely N-dealkylation sites (tertiary alicyclic amines) is 1. The Balaban J connectivity index is 2.03. The molecule has 7 heteroatoms. The van der Waals surface area contributed by atoms with Crippen LogP contribution in [-0.2, 0) is 16.6 Å². The molecule has 1 aliphatic rings. The minimum atomic E-state index is -0.514. The summed E-state index contributed by atoms with van der Waals surface area (Å²) in [7, 11) is 1.78. The standard InChI is InChI=1S/C17H28N4O3/c1-11-9-14(20(6)19-11)18-16(23)21-10-13(8-7-12(21)2)15(22)24-17(3,4)5/h9,12-13H,7-8,10H2,1-6H3,(H,18,23)/t12-,13+/m1/s1. The Kier molecular flexibility index (Phi) is 5.20. The Morgan fingerprint density at radius 3 is 2.54 bits per heavy atom. The van der Waals surface area contributed by atoms with Crippen molar-refractivity contribution >= 4 is 17.8 Å². The van der Waals surface area contributed by atoms with Crippen LogP contribution >= 0.6 is 0 Å². The lowest BCUT2D eigenvalue weighted by Gasteiger charge is -2.37. The molecule has 0 radical (unpaired) electrons. The molecule has 1 aromatic rings. The first-order valence-electron chi connectivity index (χ1n) is 8.38.